The number of pyridine rings is 1. The largest absolute Gasteiger partial charge is 0.384 e. The van der Waals surface area contributed by atoms with Gasteiger partial charge in [0.1, 0.15) is 12.4 Å². The summed E-state index contributed by atoms with van der Waals surface area (Å²) in [7, 11) is 0. The molecular weight excluding hydrogens is 254 g/mol. The average molecular weight is 273 g/mol. The maximum absolute atomic E-state index is 11.9. The summed E-state index contributed by atoms with van der Waals surface area (Å²) in [5.41, 5.74) is 7.42. The standard InChI is InChI=1S/C14H19N5O/c1-10(2)6-18-14(20)8-19-9-16-7-12(19)11-3-4-17-13(15)5-11/h3-5,7,9-10H,6,8H2,1-2H3,(H2,15,17)(H,18,20). The Labute approximate surface area is 118 Å². The van der Waals surface area contributed by atoms with E-state index in [9.17, 15) is 4.79 Å². The maximum atomic E-state index is 11.9. The number of amides is 1. The van der Waals surface area contributed by atoms with E-state index < -0.39 is 0 Å². The fraction of sp³-hybridized carbons (Fsp3) is 0.357. The molecule has 2 aromatic rings. The molecule has 0 bridgehead atoms. The summed E-state index contributed by atoms with van der Waals surface area (Å²) in [6, 6.07) is 3.61. The SMILES string of the molecule is CC(C)CNC(=O)Cn1cncc1-c1ccnc(N)c1. The number of rotatable bonds is 5. The number of anilines is 1. The van der Waals surface area contributed by atoms with E-state index in [4.69, 9.17) is 5.73 Å². The molecule has 0 saturated heterocycles. The topological polar surface area (TPSA) is 85.8 Å². The van der Waals surface area contributed by atoms with Gasteiger partial charge in [0.05, 0.1) is 18.2 Å². The van der Waals surface area contributed by atoms with Crippen molar-refractivity contribution in [2.75, 3.05) is 12.3 Å². The van der Waals surface area contributed by atoms with Crippen LogP contribution < -0.4 is 11.1 Å². The van der Waals surface area contributed by atoms with Crippen molar-refractivity contribution in [1.82, 2.24) is 19.9 Å². The Morgan fingerprint density at radius 3 is 3.00 bits per heavy atom. The van der Waals surface area contributed by atoms with Crippen LogP contribution in [0, 0.1) is 5.92 Å². The fourth-order valence-corrected chi connectivity index (χ4v) is 1.82. The molecule has 106 valence electrons. The van der Waals surface area contributed by atoms with Gasteiger partial charge in [-0.1, -0.05) is 13.8 Å². The molecule has 0 aromatic carbocycles. The predicted octanol–water partition coefficient (Wildman–Crippen LogP) is 1.30. The number of nitrogens with one attached hydrogen (secondary N) is 1. The van der Waals surface area contributed by atoms with Crippen LogP contribution in [0.4, 0.5) is 5.82 Å². The third-order valence-corrected chi connectivity index (χ3v) is 2.81. The molecule has 3 N–H and O–H groups in total. The molecular formula is C14H19N5O. The maximum Gasteiger partial charge on any atom is 0.240 e. The first-order chi connectivity index (χ1) is 9.56. The number of nitrogens with zero attached hydrogens (tertiary/aromatic N) is 3. The van der Waals surface area contributed by atoms with Crippen LogP contribution in [-0.4, -0.2) is 27.0 Å². The zero-order valence-electron chi connectivity index (χ0n) is 11.7. The van der Waals surface area contributed by atoms with Crippen molar-refractivity contribution in [3.8, 4) is 11.3 Å². The van der Waals surface area contributed by atoms with Gasteiger partial charge in [-0.05, 0) is 18.1 Å². The molecule has 0 aliphatic rings. The van der Waals surface area contributed by atoms with E-state index in [1.165, 1.54) is 0 Å². The Bertz CT molecular complexity index is 591. The summed E-state index contributed by atoms with van der Waals surface area (Å²) in [6.45, 7) is 5.03. The lowest BCUT2D eigenvalue weighted by molar-refractivity contribution is -0.121. The van der Waals surface area contributed by atoms with Crippen molar-refractivity contribution in [3.05, 3.63) is 30.9 Å². The molecule has 0 fully saturated rings. The van der Waals surface area contributed by atoms with Crippen molar-refractivity contribution in [2.45, 2.75) is 20.4 Å². The lowest BCUT2D eigenvalue weighted by atomic mass is 10.2. The lowest BCUT2D eigenvalue weighted by Crippen LogP contribution is -2.30. The summed E-state index contributed by atoms with van der Waals surface area (Å²) in [4.78, 5) is 19.9. The minimum atomic E-state index is -0.0278. The molecule has 0 unspecified atom stereocenters. The third-order valence-electron chi connectivity index (χ3n) is 2.81. The van der Waals surface area contributed by atoms with Gasteiger partial charge in [0.15, 0.2) is 0 Å². The third kappa shape index (κ3) is 3.57. The smallest absolute Gasteiger partial charge is 0.240 e. The van der Waals surface area contributed by atoms with E-state index >= 15 is 0 Å². The van der Waals surface area contributed by atoms with E-state index in [0.717, 1.165) is 11.3 Å². The second-order valence-corrected chi connectivity index (χ2v) is 5.07. The van der Waals surface area contributed by atoms with Crippen molar-refractivity contribution < 1.29 is 4.79 Å². The van der Waals surface area contributed by atoms with Gasteiger partial charge in [-0.3, -0.25) is 4.79 Å². The normalized spacial score (nSPS) is 10.8. The van der Waals surface area contributed by atoms with Gasteiger partial charge in [0.2, 0.25) is 5.91 Å². The zero-order chi connectivity index (χ0) is 14.5. The number of carbonyl (C=O) groups is 1. The fourth-order valence-electron chi connectivity index (χ4n) is 1.82. The minimum absolute atomic E-state index is 0.0278. The van der Waals surface area contributed by atoms with Crippen LogP contribution >= 0.6 is 0 Å². The summed E-state index contributed by atoms with van der Waals surface area (Å²) < 4.78 is 1.80. The number of hydrogen-bond acceptors (Lipinski definition) is 4. The number of carbonyl (C=O) groups excluding carboxylic acids is 1. The minimum Gasteiger partial charge on any atom is -0.384 e. The van der Waals surface area contributed by atoms with Crippen molar-refractivity contribution in [3.63, 3.8) is 0 Å². The van der Waals surface area contributed by atoms with E-state index in [1.54, 1.807) is 29.4 Å². The average Bonchev–Trinajstić information content (AvgIpc) is 2.84. The zero-order valence-corrected chi connectivity index (χ0v) is 11.7. The van der Waals surface area contributed by atoms with E-state index in [2.05, 4.69) is 29.1 Å². The summed E-state index contributed by atoms with van der Waals surface area (Å²) >= 11 is 0. The monoisotopic (exact) mass is 273 g/mol. The molecule has 6 nitrogen and oxygen atoms in total. The van der Waals surface area contributed by atoms with Crippen LogP contribution in [0.2, 0.25) is 0 Å². The van der Waals surface area contributed by atoms with Gasteiger partial charge in [-0.15, -0.1) is 0 Å². The van der Waals surface area contributed by atoms with Gasteiger partial charge in [0.25, 0.3) is 0 Å². The van der Waals surface area contributed by atoms with Crippen LogP contribution in [0.5, 0.6) is 0 Å². The molecule has 2 aromatic heterocycles. The molecule has 2 rings (SSSR count). The number of aromatic nitrogens is 3. The molecule has 0 spiro atoms. The Balaban J connectivity index is 2.11. The molecule has 0 aliphatic carbocycles. The molecule has 0 saturated carbocycles. The summed E-state index contributed by atoms with van der Waals surface area (Å²) in [5.74, 6) is 0.848. The molecule has 20 heavy (non-hydrogen) atoms. The highest BCUT2D eigenvalue weighted by molar-refractivity contribution is 5.76. The van der Waals surface area contributed by atoms with Crippen LogP contribution in [0.3, 0.4) is 0 Å². The highest BCUT2D eigenvalue weighted by Gasteiger charge is 2.09. The molecule has 0 atom stereocenters. The number of hydrogen-bond donors (Lipinski definition) is 2. The Kier molecular flexibility index (Phi) is 4.34. The molecule has 6 heteroatoms. The van der Waals surface area contributed by atoms with E-state index in [-0.39, 0.29) is 12.5 Å². The van der Waals surface area contributed by atoms with Crippen LogP contribution in [0.25, 0.3) is 11.3 Å². The Morgan fingerprint density at radius 1 is 1.50 bits per heavy atom. The predicted molar refractivity (Wildman–Crippen MR) is 77.7 cm³/mol. The molecule has 2 heterocycles. The van der Waals surface area contributed by atoms with Crippen molar-refractivity contribution in [1.29, 1.82) is 0 Å². The van der Waals surface area contributed by atoms with Crippen LogP contribution in [0.15, 0.2) is 30.9 Å². The molecule has 1 amide bonds. The number of imidazole rings is 1. The molecule has 0 aliphatic heterocycles. The quantitative estimate of drug-likeness (QED) is 0.859. The van der Waals surface area contributed by atoms with E-state index in [0.29, 0.717) is 18.3 Å². The van der Waals surface area contributed by atoms with Crippen molar-refractivity contribution >= 4 is 11.7 Å². The van der Waals surface area contributed by atoms with Crippen LogP contribution in [0.1, 0.15) is 13.8 Å². The first-order valence-electron chi connectivity index (χ1n) is 6.55. The van der Waals surface area contributed by atoms with Crippen molar-refractivity contribution in [2.24, 2.45) is 5.92 Å². The van der Waals surface area contributed by atoms with E-state index in [1.807, 2.05) is 6.07 Å². The van der Waals surface area contributed by atoms with Gasteiger partial charge in [-0.2, -0.15) is 0 Å². The number of nitrogen functional groups attached to an aromatic ring is 1. The van der Waals surface area contributed by atoms with Crippen LogP contribution in [-0.2, 0) is 11.3 Å². The highest BCUT2D eigenvalue weighted by Crippen LogP contribution is 2.19. The second-order valence-electron chi connectivity index (χ2n) is 5.07. The number of nitrogens with two attached hydrogens (primary N) is 1. The highest BCUT2D eigenvalue weighted by atomic mass is 16.1. The summed E-state index contributed by atoms with van der Waals surface area (Å²) in [6.07, 6.45) is 4.99. The second kappa shape index (κ2) is 6.18. The van der Waals surface area contributed by atoms with Gasteiger partial charge in [-0.25, -0.2) is 9.97 Å². The van der Waals surface area contributed by atoms with Gasteiger partial charge in [0, 0.05) is 18.3 Å². The summed E-state index contributed by atoms with van der Waals surface area (Å²) in [5, 5.41) is 2.89. The molecule has 0 radical (unpaired) electrons. The van der Waals surface area contributed by atoms with Gasteiger partial charge < -0.3 is 15.6 Å². The Hall–Kier alpha value is -2.37. The first-order valence-corrected chi connectivity index (χ1v) is 6.55. The lowest BCUT2D eigenvalue weighted by Gasteiger charge is -2.10. The first kappa shape index (κ1) is 14.0. The Morgan fingerprint density at radius 2 is 2.30 bits per heavy atom. The van der Waals surface area contributed by atoms with Gasteiger partial charge >= 0.3 is 0 Å².